The number of carbonyl (C=O) groups is 2. The van der Waals surface area contributed by atoms with Gasteiger partial charge in [0.2, 0.25) is 11.8 Å². The van der Waals surface area contributed by atoms with Gasteiger partial charge in [-0.3, -0.25) is 14.5 Å². The topological polar surface area (TPSA) is 37.4 Å². The van der Waals surface area contributed by atoms with Gasteiger partial charge in [-0.25, -0.2) is 11.6 Å². The summed E-state index contributed by atoms with van der Waals surface area (Å²) in [5, 5.41) is -0.127. The van der Waals surface area contributed by atoms with Crippen LogP contribution in [0.5, 0.6) is 0 Å². The Labute approximate surface area is 64.4 Å². The molecular weight excluding hydrogens is 149 g/mol. The summed E-state index contributed by atoms with van der Waals surface area (Å²) in [4.78, 5) is 23.1. The van der Waals surface area contributed by atoms with E-state index in [-0.39, 0.29) is 17.1 Å². The van der Waals surface area contributed by atoms with Gasteiger partial charge in [0, 0.05) is 13.5 Å². The van der Waals surface area contributed by atoms with Crippen molar-refractivity contribution in [3.63, 3.8) is 0 Å². The zero-order valence-electron chi connectivity index (χ0n) is 5.96. The molecule has 0 spiro atoms. The number of nitrogens with zero attached hydrogens (tertiary/aromatic N) is 1. The molecule has 1 aliphatic heterocycles. The lowest BCUT2D eigenvalue weighted by Crippen LogP contribution is -2.26. The van der Waals surface area contributed by atoms with Crippen LogP contribution < -0.4 is 0 Å². The second-order valence-corrected chi connectivity index (χ2v) is 3.26. The molecule has 1 rings (SSSR count). The van der Waals surface area contributed by atoms with Crippen LogP contribution in [0.1, 0.15) is 6.42 Å². The second kappa shape index (κ2) is 2.66. The van der Waals surface area contributed by atoms with Gasteiger partial charge in [0.05, 0.1) is 5.25 Å². The molecule has 3 nitrogen and oxygen atoms in total. The first-order chi connectivity index (χ1) is 4.66. The van der Waals surface area contributed by atoms with Crippen molar-refractivity contribution in [3.05, 3.63) is 0 Å². The molecule has 54 valence electrons. The molecule has 1 aliphatic rings. The van der Waals surface area contributed by atoms with Crippen LogP contribution >= 0.6 is 11.6 Å². The van der Waals surface area contributed by atoms with E-state index in [4.69, 9.17) is 0 Å². The molecule has 1 unspecified atom stereocenters. The highest BCUT2D eigenvalue weighted by atomic mass is 32.2. The minimum atomic E-state index is -0.127. The molecule has 0 radical (unpaired) electrons. The first-order valence-electron chi connectivity index (χ1n) is 3.00. The van der Waals surface area contributed by atoms with Crippen LogP contribution in [-0.2, 0) is 9.59 Å². The predicted molar refractivity (Wildman–Crippen MR) is 42.3 cm³/mol. The Morgan fingerprint density at radius 2 is 2.30 bits per heavy atom. The van der Waals surface area contributed by atoms with Gasteiger partial charge < -0.3 is 0 Å². The quantitative estimate of drug-likeness (QED) is 0.362. The molecule has 0 aromatic rings. The van der Waals surface area contributed by atoms with Gasteiger partial charge in [-0.05, 0) is 0 Å². The van der Waals surface area contributed by atoms with E-state index in [0.29, 0.717) is 6.42 Å². The number of imide groups is 1. The van der Waals surface area contributed by atoms with Crippen molar-refractivity contribution in [1.29, 1.82) is 0 Å². The fourth-order valence-corrected chi connectivity index (χ4v) is 1.57. The minimum Gasteiger partial charge on any atom is -0.285 e. The van der Waals surface area contributed by atoms with E-state index in [1.54, 1.807) is 0 Å². The molecular formula is C5H8BNO2S. The Balaban J connectivity index is 2.71. The SMILES string of the molecule is BSC1CC(=O)N(C)C1=O. The Kier molecular flexibility index (Phi) is 2.04. The van der Waals surface area contributed by atoms with E-state index >= 15 is 0 Å². The third-order valence-corrected chi connectivity index (χ3v) is 2.56. The van der Waals surface area contributed by atoms with Gasteiger partial charge in [-0.15, -0.1) is 0 Å². The van der Waals surface area contributed by atoms with Gasteiger partial charge in [-0.1, -0.05) is 0 Å². The van der Waals surface area contributed by atoms with E-state index in [0.717, 1.165) is 0 Å². The molecule has 0 aromatic carbocycles. The van der Waals surface area contributed by atoms with Gasteiger partial charge >= 0.3 is 0 Å². The van der Waals surface area contributed by atoms with E-state index in [1.165, 1.54) is 23.6 Å². The Hall–Kier alpha value is -0.445. The van der Waals surface area contributed by atoms with Crippen LogP contribution in [0.2, 0.25) is 0 Å². The molecule has 0 N–H and O–H groups in total. The van der Waals surface area contributed by atoms with Gasteiger partial charge in [0.15, 0.2) is 7.12 Å². The van der Waals surface area contributed by atoms with E-state index in [1.807, 2.05) is 7.12 Å². The van der Waals surface area contributed by atoms with Crippen molar-refractivity contribution in [2.24, 2.45) is 0 Å². The Morgan fingerprint density at radius 3 is 2.50 bits per heavy atom. The highest BCUT2D eigenvalue weighted by Gasteiger charge is 2.34. The first kappa shape index (κ1) is 7.66. The number of carbonyl (C=O) groups excluding carboxylic acids is 2. The van der Waals surface area contributed by atoms with Crippen molar-refractivity contribution in [3.8, 4) is 0 Å². The summed E-state index contributed by atoms with van der Waals surface area (Å²) in [5.41, 5.74) is 0. The maximum Gasteiger partial charge on any atom is 0.241 e. The molecule has 1 saturated heterocycles. The first-order valence-corrected chi connectivity index (χ1v) is 4.29. The fraction of sp³-hybridized carbons (Fsp3) is 0.600. The number of rotatable bonds is 1. The normalized spacial score (nSPS) is 26.1. The molecule has 5 heteroatoms. The Bertz CT molecular complexity index is 184. The summed E-state index contributed by atoms with van der Waals surface area (Å²) in [7, 11) is 3.37. The molecule has 0 aromatic heterocycles. The van der Waals surface area contributed by atoms with Crippen LogP contribution in [0.4, 0.5) is 0 Å². The third kappa shape index (κ3) is 1.05. The van der Waals surface area contributed by atoms with Crippen LogP contribution in [0.25, 0.3) is 0 Å². The van der Waals surface area contributed by atoms with Crippen LogP contribution in [-0.4, -0.2) is 36.1 Å². The van der Waals surface area contributed by atoms with Crippen LogP contribution in [0.3, 0.4) is 0 Å². The summed E-state index contributed by atoms with van der Waals surface area (Å²) in [6, 6.07) is 0. The monoisotopic (exact) mass is 157 g/mol. The highest BCUT2D eigenvalue weighted by Crippen LogP contribution is 2.20. The van der Waals surface area contributed by atoms with Crippen LogP contribution in [0, 0.1) is 0 Å². The molecule has 1 heterocycles. The lowest BCUT2D eigenvalue weighted by Gasteiger charge is -2.05. The van der Waals surface area contributed by atoms with E-state index < -0.39 is 0 Å². The average Bonchev–Trinajstić information content (AvgIpc) is 2.17. The van der Waals surface area contributed by atoms with Gasteiger partial charge in [-0.2, -0.15) is 0 Å². The average molecular weight is 157 g/mol. The second-order valence-electron chi connectivity index (χ2n) is 2.22. The lowest BCUT2D eigenvalue weighted by molar-refractivity contribution is -0.136. The van der Waals surface area contributed by atoms with E-state index in [2.05, 4.69) is 0 Å². The molecule has 1 atom stereocenters. The molecule has 10 heavy (non-hydrogen) atoms. The van der Waals surface area contributed by atoms with E-state index in [9.17, 15) is 9.59 Å². The van der Waals surface area contributed by atoms with Gasteiger partial charge in [0.1, 0.15) is 0 Å². The predicted octanol–water partition coefficient (Wildman–Crippen LogP) is -0.975. The van der Waals surface area contributed by atoms with Crippen molar-refractivity contribution < 1.29 is 9.59 Å². The Morgan fingerprint density at radius 1 is 1.70 bits per heavy atom. The fourth-order valence-electron chi connectivity index (χ4n) is 0.906. The smallest absolute Gasteiger partial charge is 0.241 e. The number of hydrogen-bond donors (Lipinski definition) is 0. The van der Waals surface area contributed by atoms with Crippen molar-refractivity contribution in [2.75, 3.05) is 7.05 Å². The maximum atomic E-state index is 11.0. The van der Waals surface area contributed by atoms with Crippen LogP contribution in [0.15, 0.2) is 0 Å². The zero-order chi connectivity index (χ0) is 7.72. The lowest BCUT2D eigenvalue weighted by atomic mass is 10.4. The van der Waals surface area contributed by atoms with Gasteiger partial charge in [0.25, 0.3) is 0 Å². The summed E-state index contributed by atoms with van der Waals surface area (Å²) in [5.74, 6) is -0.123. The highest BCUT2D eigenvalue weighted by molar-refractivity contribution is 8.20. The minimum absolute atomic E-state index is 0.0579. The number of hydrogen-bond acceptors (Lipinski definition) is 3. The molecule has 1 fully saturated rings. The largest absolute Gasteiger partial charge is 0.285 e. The maximum absolute atomic E-state index is 11.0. The third-order valence-electron chi connectivity index (χ3n) is 1.62. The number of likely N-dealkylation sites (tertiary alicyclic amines) is 1. The van der Waals surface area contributed by atoms with Crippen molar-refractivity contribution >= 4 is 30.6 Å². The molecule has 0 bridgehead atoms. The molecule has 0 aliphatic carbocycles. The summed E-state index contributed by atoms with van der Waals surface area (Å²) < 4.78 is 0. The zero-order valence-corrected chi connectivity index (χ0v) is 6.77. The molecule has 0 saturated carbocycles. The van der Waals surface area contributed by atoms with Crippen molar-refractivity contribution in [2.45, 2.75) is 11.7 Å². The molecule has 2 amide bonds. The number of amides is 2. The summed E-state index contributed by atoms with van der Waals surface area (Å²) in [6.07, 6.45) is 0.372. The summed E-state index contributed by atoms with van der Waals surface area (Å²) in [6.45, 7) is 0. The standard InChI is InChI=1S/C5H8BNO2S/c1-7-4(8)2-3(10-6)5(7)9/h3H,2,6H2,1H3. The summed E-state index contributed by atoms with van der Waals surface area (Å²) >= 11 is 1.44. The van der Waals surface area contributed by atoms with Crippen molar-refractivity contribution in [1.82, 2.24) is 4.90 Å².